The number of piperidine rings is 1. The predicted octanol–water partition coefficient (Wildman–Crippen LogP) is 2.84. The van der Waals surface area contributed by atoms with Gasteiger partial charge in [0.2, 0.25) is 0 Å². The molecule has 0 saturated carbocycles. The number of fused-ring (bicyclic) bond motifs is 1. The van der Waals surface area contributed by atoms with Crippen LogP contribution in [0.15, 0.2) is 24.3 Å². The van der Waals surface area contributed by atoms with Gasteiger partial charge in [0.15, 0.2) is 0 Å². The molecule has 0 unspecified atom stereocenters. The van der Waals surface area contributed by atoms with Crippen LogP contribution in [0.3, 0.4) is 0 Å². The van der Waals surface area contributed by atoms with Crippen molar-refractivity contribution in [2.75, 3.05) is 19.7 Å². The lowest BCUT2D eigenvalue weighted by atomic mass is 10.0. The number of benzene rings is 1. The van der Waals surface area contributed by atoms with E-state index in [1.165, 1.54) is 0 Å². The smallest absolute Gasteiger partial charge is 0.409 e. The molecule has 0 aliphatic carbocycles. The zero-order chi connectivity index (χ0) is 18.0. The van der Waals surface area contributed by atoms with E-state index >= 15 is 0 Å². The summed E-state index contributed by atoms with van der Waals surface area (Å²) >= 11 is 0. The number of carbonyl (C=O) groups excluding carboxylic acids is 2. The molecule has 1 aliphatic rings. The molecule has 0 radical (unpaired) electrons. The van der Waals surface area contributed by atoms with E-state index in [1.807, 2.05) is 42.8 Å². The van der Waals surface area contributed by atoms with E-state index < -0.39 is 0 Å². The number of para-hydroxylation sites is 1. The van der Waals surface area contributed by atoms with Crippen molar-refractivity contribution in [1.82, 2.24) is 14.8 Å². The maximum absolute atomic E-state index is 12.8. The SMILES string of the molecule is CCOC(=O)N1CCC(NC(=O)c2c(C)c3ccccc3n2C)CC1. The fourth-order valence-electron chi connectivity index (χ4n) is 3.58. The third-order valence-corrected chi connectivity index (χ3v) is 4.93. The predicted molar refractivity (Wildman–Crippen MR) is 96.7 cm³/mol. The Morgan fingerprint density at radius 2 is 1.92 bits per heavy atom. The summed E-state index contributed by atoms with van der Waals surface area (Å²) in [7, 11) is 1.92. The minimum absolute atomic E-state index is 0.0502. The molecule has 2 amide bonds. The maximum atomic E-state index is 12.8. The van der Waals surface area contributed by atoms with Gasteiger partial charge in [-0.25, -0.2) is 4.79 Å². The zero-order valence-corrected chi connectivity index (χ0v) is 15.0. The van der Waals surface area contributed by atoms with E-state index in [0.29, 0.717) is 25.4 Å². The van der Waals surface area contributed by atoms with Crippen LogP contribution in [0.5, 0.6) is 0 Å². The monoisotopic (exact) mass is 343 g/mol. The summed E-state index contributed by atoms with van der Waals surface area (Å²) < 4.78 is 6.98. The number of likely N-dealkylation sites (tertiary alicyclic amines) is 1. The summed E-state index contributed by atoms with van der Waals surface area (Å²) in [6.45, 7) is 5.39. The van der Waals surface area contributed by atoms with Gasteiger partial charge in [0.1, 0.15) is 5.69 Å². The van der Waals surface area contributed by atoms with Crippen LogP contribution in [0.2, 0.25) is 0 Å². The molecule has 25 heavy (non-hydrogen) atoms. The van der Waals surface area contributed by atoms with Crippen molar-refractivity contribution in [3.8, 4) is 0 Å². The lowest BCUT2D eigenvalue weighted by molar-refractivity contribution is 0.0854. The van der Waals surface area contributed by atoms with Crippen molar-refractivity contribution in [2.45, 2.75) is 32.7 Å². The largest absolute Gasteiger partial charge is 0.450 e. The van der Waals surface area contributed by atoms with Crippen molar-refractivity contribution in [2.24, 2.45) is 7.05 Å². The number of nitrogens with one attached hydrogen (secondary N) is 1. The first kappa shape index (κ1) is 17.3. The molecular formula is C19H25N3O3. The molecular weight excluding hydrogens is 318 g/mol. The topological polar surface area (TPSA) is 63.6 Å². The minimum Gasteiger partial charge on any atom is -0.450 e. The van der Waals surface area contributed by atoms with Crippen LogP contribution in [-0.2, 0) is 11.8 Å². The number of amides is 2. The molecule has 1 N–H and O–H groups in total. The zero-order valence-electron chi connectivity index (χ0n) is 15.0. The molecule has 6 nitrogen and oxygen atoms in total. The third-order valence-electron chi connectivity index (χ3n) is 4.93. The van der Waals surface area contributed by atoms with E-state index in [-0.39, 0.29) is 18.0 Å². The van der Waals surface area contributed by atoms with E-state index in [2.05, 4.69) is 5.32 Å². The second-order valence-electron chi connectivity index (χ2n) is 6.48. The fraction of sp³-hybridized carbons (Fsp3) is 0.474. The summed E-state index contributed by atoms with van der Waals surface area (Å²) in [6.07, 6.45) is 1.22. The lowest BCUT2D eigenvalue weighted by Crippen LogP contribution is -2.47. The molecule has 2 heterocycles. The number of hydrogen-bond acceptors (Lipinski definition) is 3. The molecule has 1 aromatic carbocycles. The normalized spacial score (nSPS) is 15.4. The number of carbonyl (C=O) groups is 2. The highest BCUT2D eigenvalue weighted by Crippen LogP contribution is 2.24. The molecule has 6 heteroatoms. The molecule has 1 aromatic heterocycles. The average Bonchev–Trinajstić information content (AvgIpc) is 2.87. The van der Waals surface area contributed by atoms with Gasteiger partial charge in [0.05, 0.1) is 6.61 Å². The van der Waals surface area contributed by atoms with Gasteiger partial charge in [-0.15, -0.1) is 0 Å². The van der Waals surface area contributed by atoms with Crippen molar-refractivity contribution in [3.63, 3.8) is 0 Å². The molecule has 1 fully saturated rings. The van der Waals surface area contributed by atoms with Crippen LogP contribution in [0.1, 0.15) is 35.8 Å². The Kier molecular flexibility index (Phi) is 4.97. The highest BCUT2D eigenvalue weighted by atomic mass is 16.6. The molecule has 134 valence electrons. The van der Waals surface area contributed by atoms with Gasteiger partial charge in [0, 0.05) is 37.1 Å². The quantitative estimate of drug-likeness (QED) is 0.932. The van der Waals surface area contributed by atoms with Gasteiger partial charge in [-0.05, 0) is 38.3 Å². The van der Waals surface area contributed by atoms with Crippen LogP contribution in [0.25, 0.3) is 10.9 Å². The van der Waals surface area contributed by atoms with Crippen LogP contribution in [0.4, 0.5) is 4.79 Å². The number of aromatic nitrogens is 1. The fourth-order valence-corrected chi connectivity index (χ4v) is 3.58. The second-order valence-corrected chi connectivity index (χ2v) is 6.48. The number of aryl methyl sites for hydroxylation is 2. The lowest BCUT2D eigenvalue weighted by Gasteiger charge is -2.31. The molecule has 0 atom stereocenters. The molecule has 2 aromatic rings. The second kappa shape index (κ2) is 7.17. The molecule has 0 bridgehead atoms. The highest BCUT2D eigenvalue weighted by Gasteiger charge is 2.26. The van der Waals surface area contributed by atoms with Gasteiger partial charge in [-0.1, -0.05) is 18.2 Å². The Morgan fingerprint density at radius 1 is 1.24 bits per heavy atom. The van der Waals surface area contributed by atoms with Crippen molar-refractivity contribution < 1.29 is 14.3 Å². The number of nitrogens with zero attached hydrogens (tertiary/aromatic N) is 2. The number of hydrogen-bond donors (Lipinski definition) is 1. The van der Waals surface area contributed by atoms with Crippen molar-refractivity contribution in [1.29, 1.82) is 0 Å². The first-order valence-corrected chi connectivity index (χ1v) is 8.79. The van der Waals surface area contributed by atoms with E-state index in [1.54, 1.807) is 11.8 Å². The van der Waals surface area contributed by atoms with Gasteiger partial charge in [0.25, 0.3) is 5.91 Å². The van der Waals surface area contributed by atoms with Crippen LogP contribution in [0, 0.1) is 6.92 Å². The Labute approximate surface area is 147 Å². The van der Waals surface area contributed by atoms with Crippen LogP contribution < -0.4 is 5.32 Å². The minimum atomic E-state index is -0.267. The molecule has 1 aliphatic heterocycles. The number of ether oxygens (including phenoxy) is 1. The number of rotatable bonds is 3. The average molecular weight is 343 g/mol. The van der Waals surface area contributed by atoms with Gasteiger partial charge in [-0.2, -0.15) is 0 Å². The summed E-state index contributed by atoms with van der Waals surface area (Å²) in [5, 5.41) is 4.23. The first-order valence-electron chi connectivity index (χ1n) is 8.79. The highest BCUT2D eigenvalue weighted by molar-refractivity contribution is 6.01. The summed E-state index contributed by atoms with van der Waals surface area (Å²) in [4.78, 5) is 26.3. The van der Waals surface area contributed by atoms with Crippen molar-refractivity contribution in [3.05, 3.63) is 35.5 Å². The van der Waals surface area contributed by atoms with Crippen LogP contribution >= 0.6 is 0 Å². The Hall–Kier alpha value is -2.50. The first-order chi connectivity index (χ1) is 12.0. The third kappa shape index (κ3) is 3.34. The van der Waals surface area contributed by atoms with Crippen molar-refractivity contribution >= 4 is 22.9 Å². The summed E-state index contributed by atoms with van der Waals surface area (Å²) in [5.74, 6) is -0.0502. The van der Waals surface area contributed by atoms with E-state index in [4.69, 9.17) is 4.74 Å². The summed E-state index contributed by atoms with van der Waals surface area (Å²) in [6, 6.07) is 8.11. The van der Waals surface area contributed by atoms with E-state index in [9.17, 15) is 9.59 Å². The summed E-state index contributed by atoms with van der Waals surface area (Å²) in [5.41, 5.74) is 2.76. The Morgan fingerprint density at radius 3 is 2.56 bits per heavy atom. The van der Waals surface area contributed by atoms with Gasteiger partial charge >= 0.3 is 6.09 Å². The molecule has 0 spiro atoms. The van der Waals surface area contributed by atoms with Crippen LogP contribution in [-0.4, -0.2) is 47.2 Å². The standard InChI is InChI=1S/C19H25N3O3/c1-4-25-19(24)22-11-9-14(10-12-22)20-18(23)17-13(2)15-7-5-6-8-16(15)21(17)3/h5-8,14H,4,9-12H2,1-3H3,(H,20,23). The molecule has 3 rings (SSSR count). The van der Waals surface area contributed by atoms with E-state index in [0.717, 1.165) is 29.3 Å². The Bertz CT molecular complexity index is 750. The van der Waals surface area contributed by atoms with Gasteiger partial charge in [-0.3, -0.25) is 4.79 Å². The molecule has 1 saturated heterocycles. The van der Waals surface area contributed by atoms with Gasteiger partial charge < -0.3 is 19.5 Å². The Balaban J connectivity index is 1.67. The maximum Gasteiger partial charge on any atom is 0.409 e.